The van der Waals surface area contributed by atoms with Crippen molar-refractivity contribution in [3.05, 3.63) is 0 Å². The van der Waals surface area contributed by atoms with Crippen LogP contribution in [0, 0.1) is 5.41 Å². The van der Waals surface area contributed by atoms with E-state index in [1.807, 2.05) is 6.92 Å². The van der Waals surface area contributed by atoms with Crippen LogP contribution in [0.25, 0.3) is 0 Å². The molecule has 5 nitrogen and oxygen atoms in total. The molecule has 0 bridgehead atoms. The lowest BCUT2D eigenvalue weighted by molar-refractivity contribution is 0.0264. The van der Waals surface area contributed by atoms with Crippen LogP contribution in [0.4, 0.5) is 0 Å². The molecule has 0 aromatic rings. The number of hydrogen-bond donors (Lipinski definition) is 2. The van der Waals surface area contributed by atoms with E-state index in [0.717, 1.165) is 12.8 Å². The Hall–Kier alpha value is -0.170. The lowest BCUT2D eigenvalue weighted by atomic mass is 9.83. The fraction of sp³-hybridized carbons (Fsp3) is 1.00. The molecule has 78 valence electrons. The van der Waals surface area contributed by atoms with Crippen molar-refractivity contribution in [1.82, 2.24) is 4.72 Å². The first-order chi connectivity index (χ1) is 5.91. The van der Waals surface area contributed by atoms with Crippen LogP contribution < -0.4 is 9.86 Å². The topological polar surface area (TPSA) is 81.4 Å². The monoisotopic (exact) mass is 208 g/mol. The van der Waals surface area contributed by atoms with Crippen LogP contribution >= 0.6 is 0 Å². The Morgan fingerprint density at radius 2 is 2.00 bits per heavy atom. The molecule has 1 rings (SSSR count). The summed E-state index contributed by atoms with van der Waals surface area (Å²) in [4.78, 5) is 0. The molecule has 1 saturated heterocycles. The van der Waals surface area contributed by atoms with Gasteiger partial charge in [0, 0.05) is 19.8 Å². The number of ether oxygens (including phenoxy) is 1. The van der Waals surface area contributed by atoms with Gasteiger partial charge in [-0.2, -0.15) is 8.42 Å². The molecule has 1 fully saturated rings. The predicted molar refractivity (Wildman–Crippen MR) is 49.3 cm³/mol. The van der Waals surface area contributed by atoms with Crippen LogP contribution in [0.2, 0.25) is 0 Å². The Bertz CT molecular complexity index is 257. The number of nitrogens with two attached hydrogens (primary N) is 1. The van der Waals surface area contributed by atoms with Gasteiger partial charge in [-0.25, -0.2) is 9.86 Å². The van der Waals surface area contributed by atoms with E-state index in [4.69, 9.17) is 9.88 Å². The third kappa shape index (κ3) is 4.04. The van der Waals surface area contributed by atoms with Crippen molar-refractivity contribution in [3.8, 4) is 0 Å². The smallest absolute Gasteiger partial charge is 0.274 e. The minimum absolute atomic E-state index is 0.00924. The normalized spacial score (nSPS) is 22.9. The zero-order chi connectivity index (χ0) is 9.95. The van der Waals surface area contributed by atoms with E-state index in [1.165, 1.54) is 0 Å². The second-order valence-electron chi connectivity index (χ2n) is 3.79. The lowest BCUT2D eigenvalue weighted by Crippen LogP contribution is -2.41. The van der Waals surface area contributed by atoms with E-state index < -0.39 is 10.2 Å². The van der Waals surface area contributed by atoms with Crippen molar-refractivity contribution < 1.29 is 13.2 Å². The molecule has 0 aromatic carbocycles. The van der Waals surface area contributed by atoms with Crippen molar-refractivity contribution in [2.45, 2.75) is 19.8 Å². The predicted octanol–water partition coefficient (Wildman–Crippen LogP) is -0.404. The largest absolute Gasteiger partial charge is 0.381 e. The maximum Gasteiger partial charge on any atom is 0.274 e. The molecule has 0 unspecified atom stereocenters. The Morgan fingerprint density at radius 3 is 2.46 bits per heavy atom. The summed E-state index contributed by atoms with van der Waals surface area (Å²) in [6, 6.07) is 0. The Kier molecular flexibility index (Phi) is 3.28. The van der Waals surface area contributed by atoms with Crippen LogP contribution in [0.15, 0.2) is 0 Å². The third-order valence-electron chi connectivity index (χ3n) is 2.40. The van der Waals surface area contributed by atoms with Crippen molar-refractivity contribution in [2.24, 2.45) is 10.6 Å². The molecule has 1 aliphatic rings. The van der Waals surface area contributed by atoms with Crippen molar-refractivity contribution >= 4 is 10.2 Å². The van der Waals surface area contributed by atoms with Gasteiger partial charge in [-0.15, -0.1) is 0 Å². The number of hydrogen-bond acceptors (Lipinski definition) is 3. The van der Waals surface area contributed by atoms with E-state index in [1.54, 1.807) is 0 Å². The summed E-state index contributed by atoms with van der Waals surface area (Å²) in [5.74, 6) is 0. The molecular weight excluding hydrogens is 192 g/mol. The van der Waals surface area contributed by atoms with Crippen molar-refractivity contribution in [3.63, 3.8) is 0 Å². The third-order valence-corrected chi connectivity index (χ3v) is 2.95. The molecule has 6 heteroatoms. The Morgan fingerprint density at radius 1 is 1.46 bits per heavy atom. The van der Waals surface area contributed by atoms with Gasteiger partial charge in [0.05, 0.1) is 0 Å². The van der Waals surface area contributed by atoms with Crippen LogP contribution in [-0.2, 0) is 14.9 Å². The van der Waals surface area contributed by atoms with Crippen LogP contribution in [-0.4, -0.2) is 28.2 Å². The van der Waals surface area contributed by atoms with Crippen LogP contribution in [0.3, 0.4) is 0 Å². The fourth-order valence-corrected chi connectivity index (χ4v) is 1.87. The highest BCUT2D eigenvalue weighted by Crippen LogP contribution is 2.28. The lowest BCUT2D eigenvalue weighted by Gasteiger charge is -2.33. The summed E-state index contributed by atoms with van der Waals surface area (Å²) < 4.78 is 28.8. The van der Waals surface area contributed by atoms with Gasteiger partial charge in [0.25, 0.3) is 10.2 Å². The van der Waals surface area contributed by atoms with Crippen molar-refractivity contribution in [2.75, 3.05) is 19.8 Å². The SMILES string of the molecule is CC1(CNS(N)(=O)=O)CCOCC1. The minimum atomic E-state index is -3.55. The zero-order valence-electron chi connectivity index (χ0n) is 7.75. The summed E-state index contributed by atoms with van der Waals surface area (Å²) in [7, 11) is -3.55. The maximum atomic E-state index is 10.7. The van der Waals surface area contributed by atoms with E-state index in [0.29, 0.717) is 19.8 Å². The summed E-state index contributed by atoms with van der Waals surface area (Å²) in [6.45, 7) is 3.83. The van der Waals surface area contributed by atoms with Crippen LogP contribution in [0.1, 0.15) is 19.8 Å². The molecule has 0 atom stereocenters. The minimum Gasteiger partial charge on any atom is -0.381 e. The molecule has 0 radical (unpaired) electrons. The molecule has 1 heterocycles. The van der Waals surface area contributed by atoms with Gasteiger partial charge in [0.1, 0.15) is 0 Å². The molecule has 13 heavy (non-hydrogen) atoms. The van der Waals surface area contributed by atoms with Gasteiger partial charge in [0.2, 0.25) is 0 Å². The van der Waals surface area contributed by atoms with Gasteiger partial charge in [-0.1, -0.05) is 6.92 Å². The fourth-order valence-electron chi connectivity index (χ4n) is 1.32. The summed E-state index contributed by atoms with van der Waals surface area (Å²) in [5.41, 5.74) is -0.00924. The summed E-state index contributed by atoms with van der Waals surface area (Å²) in [5, 5.41) is 4.84. The second-order valence-corrected chi connectivity index (χ2v) is 5.17. The van der Waals surface area contributed by atoms with Gasteiger partial charge in [-0.3, -0.25) is 0 Å². The Labute approximate surface area is 78.8 Å². The summed E-state index contributed by atoms with van der Waals surface area (Å²) >= 11 is 0. The first kappa shape index (κ1) is 10.9. The van der Waals surface area contributed by atoms with E-state index in [-0.39, 0.29) is 5.41 Å². The average molecular weight is 208 g/mol. The van der Waals surface area contributed by atoms with E-state index in [2.05, 4.69) is 4.72 Å². The second kappa shape index (κ2) is 3.91. The van der Waals surface area contributed by atoms with Crippen molar-refractivity contribution in [1.29, 1.82) is 0 Å². The number of nitrogens with one attached hydrogen (secondary N) is 1. The highest BCUT2D eigenvalue weighted by atomic mass is 32.2. The molecule has 3 N–H and O–H groups in total. The standard InChI is InChI=1S/C7H16N2O3S/c1-7(2-4-12-5-3-7)6-9-13(8,10)11/h9H,2-6H2,1H3,(H2,8,10,11). The van der Waals surface area contributed by atoms with Gasteiger partial charge in [-0.05, 0) is 18.3 Å². The van der Waals surface area contributed by atoms with Gasteiger partial charge >= 0.3 is 0 Å². The molecule has 0 aliphatic carbocycles. The highest BCUT2D eigenvalue weighted by molar-refractivity contribution is 7.87. The average Bonchev–Trinajstić information content (AvgIpc) is 2.02. The first-order valence-corrected chi connectivity index (χ1v) is 5.81. The number of rotatable bonds is 3. The molecule has 0 aromatic heterocycles. The molecule has 0 saturated carbocycles. The quantitative estimate of drug-likeness (QED) is 0.662. The zero-order valence-corrected chi connectivity index (χ0v) is 8.56. The molecule has 0 amide bonds. The first-order valence-electron chi connectivity index (χ1n) is 4.26. The Balaban J connectivity index is 2.42. The van der Waals surface area contributed by atoms with E-state index >= 15 is 0 Å². The maximum absolute atomic E-state index is 10.7. The van der Waals surface area contributed by atoms with E-state index in [9.17, 15) is 8.42 Å². The molecular formula is C7H16N2O3S. The van der Waals surface area contributed by atoms with Gasteiger partial charge < -0.3 is 4.74 Å². The van der Waals surface area contributed by atoms with Gasteiger partial charge in [0.15, 0.2) is 0 Å². The highest BCUT2D eigenvalue weighted by Gasteiger charge is 2.28. The molecule has 1 aliphatic heterocycles. The molecule has 0 spiro atoms. The summed E-state index contributed by atoms with van der Waals surface area (Å²) in [6.07, 6.45) is 1.74. The van der Waals surface area contributed by atoms with Crippen LogP contribution in [0.5, 0.6) is 0 Å².